The van der Waals surface area contributed by atoms with Crippen molar-refractivity contribution in [3.8, 4) is 0 Å². The first-order chi connectivity index (χ1) is 8.86. The maximum atomic E-state index is 12.7. The van der Waals surface area contributed by atoms with E-state index in [4.69, 9.17) is 10.7 Å². The van der Waals surface area contributed by atoms with Gasteiger partial charge in [-0.1, -0.05) is 28.9 Å². The molecule has 0 amide bonds. The molecule has 8 heteroatoms. The van der Waals surface area contributed by atoms with Crippen molar-refractivity contribution in [2.75, 3.05) is 5.75 Å². The Hall–Kier alpha value is -1.18. The minimum absolute atomic E-state index is 0.0363. The summed E-state index contributed by atoms with van der Waals surface area (Å²) in [6, 6.07) is 8.60. The molecular weight excluding hydrogens is 308 g/mol. The second-order valence-corrected chi connectivity index (χ2v) is 8.64. The van der Waals surface area contributed by atoms with E-state index in [1.165, 1.54) is 0 Å². The van der Waals surface area contributed by atoms with Gasteiger partial charge in [-0.3, -0.25) is 4.98 Å². The number of hydrogen-bond donors (Lipinski definition) is 0. The van der Waals surface area contributed by atoms with E-state index >= 15 is 0 Å². The fourth-order valence-corrected chi connectivity index (χ4v) is 5.51. The molecule has 2 rings (SSSR count). The van der Waals surface area contributed by atoms with Crippen molar-refractivity contribution in [1.29, 1.82) is 0 Å². The number of rotatable bonds is 3. The van der Waals surface area contributed by atoms with Crippen LogP contribution in [0, 0.1) is 0 Å². The smallest absolute Gasteiger partial charge is 0.255 e. The first-order valence-electron chi connectivity index (χ1n) is 5.40. The molecule has 2 aromatic rings. The molecule has 0 N–H and O–H groups in total. The van der Waals surface area contributed by atoms with Gasteiger partial charge in [0.15, 0.2) is 0 Å². The average Bonchev–Trinajstić information content (AvgIpc) is 2.36. The molecule has 0 saturated carbocycles. The maximum Gasteiger partial charge on any atom is 0.347 e. The zero-order valence-corrected chi connectivity index (χ0v) is 12.4. The minimum atomic E-state index is -4.22. The van der Waals surface area contributed by atoms with E-state index in [0.717, 1.165) is 5.39 Å². The largest absolute Gasteiger partial charge is 0.347 e. The van der Waals surface area contributed by atoms with Crippen LogP contribution in [0.5, 0.6) is 0 Å². The van der Waals surface area contributed by atoms with Crippen molar-refractivity contribution >= 4 is 40.6 Å². The zero-order chi connectivity index (χ0) is 14.1. The summed E-state index contributed by atoms with van der Waals surface area (Å²) in [6.07, 6.45) is 1.55. The van der Waals surface area contributed by atoms with Gasteiger partial charge in [-0.25, -0.2) is 4.21 Å². The van der Waals surface area contributed by atoms with Gasteiger partial charge in [-0.2, -0.15) is 8.42 Å². The molecule has 1 atom stereocenters. The molecule has 0 aliphatic heterocycles. The maximum absolute atomic E-state index is 12.7. The number of aromatic nitrogens is 1. The third kappa shape index (κ3) is 3.05. The fraction of sp³-hybridized carbons (Fsp3) is 0.182. The van der Waals surface area contributed by atoms with Crippen molar-refractivity contribution in [1.82, 2.24) is 4.98 Å². The van der Waals surface area contributed by atoms with Gasteiger partial charge in [0.1, 0.15) is 0 Å². The lowest BCUT2D eigenvalue weighted by atomic mass is 10.2. The highest BCUT2D eigenvalue weighted by Gasteiger charge is 2.18. The van der Waals surface area contributed by atoms with Gasteiger partial charge in [0, 0.05) is 28.0 Å². The topological polar surface area (TPSA) is 76.5 Å². The monoisotopic (exact) mass is 318 g/mol. The third-order valence-corrected chi connectivity index (χ3v) is 6.52. The molecule has 0 aliphatic rings. The molecule has 5 nitrogen and oxygen atoms in total. The first-order valence-corrected chi connectivity index (χ1v) is 9.35. The molecule has 0 bridgehead atoms. The lowest BCUT2D eigenvalue weighted by Crippen LogP contribution is -2.07. The Kier molecular flexibility index (Phi) is 3.80. The number of fused-ring (bicyclic) bond motifs is 1. The Balaban J connectivity index is 2.88. The van der Waals surface area contributed by atoms with Crippen LogP contribution in [-0.2, 0) is 19.0 Å². The molecule has 0 unspecified atom stereocenters. The lowest BCUT2D eigenvalue weighted by Gasteiger charge is -2.09. The van der Waals surface area contributed by atoms with E-state index in [1.807, 2.05) is 0 Å². The van der Waals surface area contributed by atoms with E-state index in [9.17, 15) is 12.6 Å². The van der Waals surface area contributed by atoms with E-state index in [0.29, 0.717) is 5.52 Å². The van der Waals surface area contributed by atoms with Crippen LogP contribution >= 0.6 is 10.7 Å². The van der Waals surface area contributed by atoms with Gasteiger partial charge in [0.2, 0.25) is 0 Å². The van der Waals surface area contributed by atoms with E-state index in [2.05, 4.69) is 8.75 Å². The van der Waals surface area contributed by atoms with Crippen LogP contribution in [0.2, 0.25) is 0 Å². The van der Waals surface area contributed by atoms with E-state index < -0.39 is 19.0 Å². The summed E-state index contributed by atoms with van der Waals surface area (Å²) >= 11 is 0. The van der Waals surface area contributed by atoms with Crippen molar-refractivity contribution in [3.05, 3.63) is 36.5 Å². The molecule has 102 valence electrons. The molecule has 0 fully saturated rings. The van der Waals surface area contributed by atoms with Crippen molar-refractivity contribution in [2.24, 2.45) is 3.77 Å². The highest BCUT2D eigenvalue weighted by atomic mass is 35.7. The summed E-state index contributed by atoms with van der Waals surface area (Å²) in [6.45, 7) is 1.59. The minimum Gasteiger partial charge on any atom is -0.255 e. The molecule has 0 radical (unpaired) electrons. The standard InChI is InChI=1S/C11H11ClN2O3S2/c1-2-18(15,14-19(12,16)17)10-7-3-5-9-6-4-8-13-11(9)10/h3-8H,2H2,1H3/t18-/m1/s1. The van der Waals surface area contributed by atoms with Gasteiger partial charge < -0.3 is 0 Å². The molecule has 0 aliphatic carbocycles. The number of nitrogens with zero attached hydrogens (tertiary/aromatic N) is 2. The van der Waals surface area contributed by atoms with Gasteiger partial charge in [-0.15, -0.1) is 0 Å². The van der Waals surface area contributed by atoms with Gasteiger partial charge >= 0.3 is 9.24 Å². The van der Waals surface area contributed by atoms with Gasteiger partial charge in [0.25, 0.3) is 0 Å². The van der Waals surface area contributed by atoms with Crippen LogP contribution in [0.4, 0.5) is 0 Å². The Morgan fingerprint density at radius 2 is 1.89 bits per heavy atom. The Bertz CT molecular complexity index is 835. The van der Waals surface area contributed by atoms with Crippen LogP contribution in [-0.4, -0.2) is 23.4 Å². The predicted molar refractivity (Wildman–Crippen MR) is 75.9 cm³/mol. The summed E-state index contributed by atoms with van der Waals surface area (Å²) < 4.78 is 38.2. The fourth-order valence-electron chi connectivity index (χ4n) is 1.73. The molecule has 1 heterocycles. The Labute approximate surface area is 116 Å². The lowest BCUT2D eigenvalue weighted by molar-refractivity contribution is 0.611. The zero-order valence-electron chi connectivity index (χ0n) is 9.98. The van der Waals surface area contributed by atoms with Crippen molar-refractivity contribution in [2.45, 2.75) is 11.8 Å². The van der Waals surface area contributed by atoms with Crippen LogP contribution in [0.3, 0.4) is 0 Å². The Morgan fingerprint density at radius 3 is 2.53 bits per heavy atom. The van der Waals surface area contributed by atoms with Gasteiger partial charge in [-0.05, 0) is 12.1 Å². The van der Waals surface area contributed by atoms with E-state index in [1.54, 1.807) is 43.5 Å². The number of hydrogen-bond acceptors (Lipinski definition) is 4. The highest BCUT2D eigenvalue weighted by molar-refractivity contribution is 8.17. The second-order valence-electron chi connectivity index (χ2n) is 3.75. The summed E-state index contributed by atoms with van der Waals surface area (Å²) in [4.78, 5) is 4.44. The molecule has 1 aromatic carbocycles. The number of benzene rings is 1. The summed E-state index contributed by atoms with van der Waals surface area (Å²) in [5, 5.41) is 0.767. The molecule has 0 spiro atoms. The van der Waals surface area contributed by atoms with Crippen LogP contribution in [0.25, 0.3) is 10.9 Å². The van der Waals surface area contributed by atoms with Crippen molar-refractivity contribution in [3.63, 3.8) is 0 Å². The van der Waals surface area contributed by atoms with Crippen LogP contribution in [0.15, 0.2) is 45.2 Å². The molecular formula is C11H11ClN2O3S2. The number of halogens is 1. The Morgan fingerprint density at radius 1 is 1.21 bits per heavy atom. The molecule has 19 heavy (non-hydrogen) atoms. The SMILES string of the molecule is CC[S@](=O)(=NS(=O)(=O)Cl)c1cccc2cccnc12. The quantitative estimate of drug-likeness (QED) is 0.815. The van der Waals surface area contributed by atoms with Crippen molar-refractivity contribution < 1.29 is 12.6 Å². The highest BCUT2D eigenvalue weighted by Crippen LogP contribution is 2.24. The third-order valence-electron chi connectivity index (χ3n) is 2.54. The number of para-hydroxylation sites is 1. The van der Waals surface area contributed by atoms with Gasteiger partial charge in [0.05, 0.1) is 20.1 Å². The normalized spacial score (nSPS) is 15.1. The molecule has 0 saturated heterocycles. The summed E-state index contributed by atoms with van der Waals surface area (Å²) in [5.74, 6) is 0.0363. The summed E-state index contributed by atoms with van der Waals surface area (Å²) in [5.41, 5.74) is 0.473. The van der Waals surface area contributed by atoms with E-state index in [-0.39, 0.29) is 10.6 Å². The first kappa shape index (κ1) is 14.2. The second kappa shape index (κ2) is 5.07. The molecule has 1 aromatic heterocycles. The average molecular weight is 319 g/mol. The van der Waals surface area contributed by atoms with Crippen LogP contribution < -0.4 is 0 Å². The number of pyridine rings is 1. The summed E-state index contributed by atoms with van der Waals surface area (Å²) in [7, 11) is -2.26. The predicted octanol–water partition coefficient (Wildman–Crippen LogP) is 2.57. The van der Waals surface area contributed by atoms with Crippen LogP contribution in [0.1, 0.15) is 6.92 Å².